The minimum Gasteiger partial charge on any atom is -0.466 e. The van der Waals surface area contributed by atoms with Gasteiger partial charge in [-0.05, 0) is 54.8 Å². The van der Waals surface area contributed by atoms with Gasteiger partial charge in [0.1, 0.15) is 23.0 Å². The molecular weight excluding hydrogens is 518 g/mol. The molecule has 4 rings (SSSR count). The molecule has 1 heterocycles. The van der Waals surface area contributed by atoms with Crippen molar-refractivity contribution in [2.75, 3.05) is 19.1 Å². The molecule has 3 aromatic rings. The molecule has 39 heavy (non-hydrogen) atoms. The van der Waals surface area contributed by atoms with Crippen molar-refractivity contribution in [3.63, 3.8) is 0 Å². The van der Waals surface area contributed by atoms with Crippen LogP contribution in [0.5, 0.6) is 11.5 Å². The average Bonchev–Trinajstić information content (AvgIpc) is 2.94. The summed E-state index contributed by atoms with van der Waals surface area (Å²) in [6.45, 7) is 3.88. The molecule has 8 nitrogen and oxygen atoms in total. The molecule has 0 radical (unpaired) electrons. The minimum absolute atomic E-state index is 0.0566. The van der Waals surface area contributed by atoms with E-state index in [1.807, 2.05) is 32.0 Å². The van der Waals surface area contributed by atoms with Crippen LogP contribution in [-0.4, -0.2) is 26.2 Å². The number of ether oxygens (including phenoxy) is 3. The van der Waals surface area contributed by atoms with E-state index in [1.54, 1.807) is 42.5 Å². The number of benzene rings is 3. The second-order valence-electron chi connectivity index (χ2n) is 8.82. The van der Waals surface area contributed by atoms with Gasteiger partial charge in [-0.25, -0.2) is 9.59 Å². The van der Waals surface area contributed by atoms with Crippen molar-refractivity contribution in [2.24, 2.45) is 5.73 Å². The summed E-state index contributed by atoms with van der Waals surface area (Å²) in [6.07, 6.45) is 0. The Hall–Kier alpha value is -4.74. The van der Waals surface area contributed by atoms with Crippen LogP contribution in [0.3, 0.4) is 0 Å². The number of esters is 2. The number of aryl methyl sites for hydroxylation is 2. The summed E-state index contributed by atoms with van der Waals surface area (Å²) in [5.74, 6) is -1.66. The summed E-state index contributed by atoms with van der Waals surface area (Å²) in [5, 5.41) is 10.4. The number of halogens is 1. The number of nitrogens with two attached hydrogens (primary N) is 1. The normalized spacial score (nSPS) is 15.1. The number of carbonyl (C=O) groups excluding carboxylic acids is 2. The summed E-state index contributed by atoms with van der Waals surface area (Å²) < 4.78 is 16.2. The number of hydrogen-bond donors (Lipinski definition) is 1. The molecule has 0 saturated carbocycles. The Bertz CT molecular complexity index is 1560. The van der Waals surface area contributed by atoms with E-state index in [-0.39, 0.29) is 27.7 Å². The second-order valence-corrected chi connectivity index (χ2v) is 9.23. The molecule has 9 heteroatoms. The molecule has 1 aliphatic heterocycles. The van der Waals surface area contributed by atoms with Gasteiger partial charge < -0.3 is 19.9 Å². The van der Waals surface area contributed by atoms with Crippen molar-refractivity contribution in [2.45, 2.75) is 19.8 Å². The summed E-state index contributed by atoms with van der Waals surface area (Å²) in [6, 6.07) is 21.5. The molecule has 0 spiro atoms. The lowest BCUT2D eigenvalue weighted by Crippen LogP contribution is -2.40. The summed E-state index contributed by atoms with van der Waals surface area (Å²) in [4.78, 5) is 27.7. The quantitative estimate of drug-likeness (QED) is 0.397. The molecule has 198 valence electrons. The Balaban J connectivity index is 1.91. The highest BCUT2D eigenvalue weighted by Crippen LogP contribution is 2.44. The molecule has 0 saturated heterocycles. The fraction of sp³-hybridized carbons (Fsp3) is 0.167. The van der Waals surface area contributed by atoms with Crippen LogP contribution in [0.4, 0.5) is 5.69 Å². The van der Waals surface area contributed by atoms with Gasteiger partial charge in [0.05, 0.1) is 42.4 Å². The van der Waals surface area contributed by atoms with Crippen LogP contribution in [0.2, 0.25) is 5.02 Å². The van der Waals surface area contributed by atoms with Gasteiger partial charge in [-0.2, -0.15) is 5.26 Å². The maximum Gasteiger partial charge on any atom is 0.355 e. The average molecular weight is 544 g/mol. The van der Waals surface area contributed by atoms with Gasteiger partial charge in [0.2, 0.25) is 0 Å². The fourth-order valence-corrected chi connectivity index (χ4v) is 4.64. The van der Waals surface area contributed by atoms with Crippen molar-refractivity contribution in [3.8, 4) is 17.6 Å². The first-order valence-electron chi connectivity index (χ1n) is 11.9. The third kappa shape index (κ3) is 5.17. The first-order valence-corrected chi connectivity index (χ1v) is 12.3. The number of methoxy groups -OCH3 is 2. The van der Waals surface area contributed by atoms with E-state index in [0.717, 1.165) is 11.1 Å². The molecular formula is C30H26ClN3O5. The van der Waals surface area contributed by atoms with Crippen molar-refractivity contribution in [1.82, 2.24) is 0 Å². The maximum absolute atomic E-state index is 13.2. The van der Waals surface area contributed by atoms with Gasteiger partial charge in [0.25, 0.3) is 0 Å². The molecule has 2 N–H and O–H groups in total. The highest BCUT2D eigenvalue weighted by molar-refractivity contribution is 6.32. The molecule has 1 aliphatic rings. The predicted molar refractivity (Wildman–Crippen MR) is 147 cm³/mol. The van der Waals surface area contributed by atoms with Crippen molar-refractivity contribution >= 4 is 29.2 Å². The highest BCUT2D eigenvalue weighted by atomic mass is 35.5. The molecule has 0 aromatic heterocycles. The minimum atomic E-state index is -0.962. The molecule has 0 fully saturated rings. The third-order valence-corrected chi connectivity index (χ3v) is 6.64. The number of allylic oxidation sites excluding steroid dienone is 1. The van der Waals surface area contributed by atoms with E-state index < -0.39 is 17.9 Å². The lowest BCUT2D eigenvalue weighted by atomic mass is 9.81. The summed E-state index contributed by atoms with van der Waals surface area (Å²) in [7, 11) is 2.38. The Morgan fingerprint density at radius 1 is 0.949 bits per heavy atom. The van der Waals surface area contributed by atoms with Crippen LogP contribution >= 0.6 is 11.6 Å². The fourth-order valence-electron chi connectivity index (χ4n) is 4.43. The van der Waals surface area contributed by atoms with E-state index in [2.05, 4.69) is 6.07 Å². The maximum atomic E-state index is 13.2. The van der Waals surface area contributed by atoms with E-state index in [0.29, 0.717) is 22.7 Å². The number of hydrogen-bond acceptors (Lipinski definition) is 8. The number of nitriles is 1. The van der Waals surface area contributed by atoms with Gasteiger partial charge in [-0.15, -0.1) is 0 Å². The first kappa shape index (κ1) is 27.3. The van der Waals surface area contributed by atoms with Crippen LogP contribution in [0.1, 0.15) is 22.6 Å². The number of anilines is 1. The second kappa shape index (κ2) is 11.3. The Morgan fingerprint density at radius 3 is 2.26 bits per heavy atom. The van der Waals surface area contributed by atoms with Crippen LogP contribution in [-0.2, 0) is 19.1 Å². The number of nitrogens with zero attached hydrogens (tertiary/aromatic N) is 2. The topological polar surface area (TPSA) is 115 Å². The van der Waals surface area contributed by atoms with Gasteiger partial charge in [-0.1, -0.05) is 54.1 Å². The molecule has 1 atom stereocenters. The SMILES string of the molecule is COC(=O)C1=C(C(=O)OC)N(c2ccc(Oc3cc(C)ccc3C)c(Cl)c2)C(N)=C(C#N)C1c1ccccc1. The van der Waals surface area contributed by atoms with Gasteiger partial charge in [0, 0.05) is 5.69 Å². The summed E-state index contributed by atoms with van der Waals surface area (Å²) >= 11 is 6.62. The zero-order chi connectivity index (χ0) is 28.3. The largest absolute Gasteiger partial charge is 0.466 e. The Morgan fingerprint density at radius 2 is 1.64 bits per heavy atom. The Kier molecular flexibility index (Phi) is 7.93. The van der Waals surface area contributed by atoms with Crippen molar-refractivity contribution < 1.29 is 23.8 Å². The molecule has 0 aliphatic carbocycles. The predicted octanol–water partition coefficient (Wildman–Crippen LogP) is 5.65. The molecule has 1 unspecified atom stereocenters. The number of rotatable bonds is 6. The van der Waals surface area contributed by atoms with Crippen molar-refractivity contribution in [1.29, 1.82) is 5.26 Å². The van der Waals surface area contributed by atoms with E-state index in [9.17, 15) is 14.9 Å². The van der Waals surface area contributed by atoms with Crippen molar-refractivity contribution in [3.05, 3.63) is 111 Å². The molecule has 3 aromatic carbocycles. The van der Waals surface area contributed by atoms with E-state index >= 15 is 0 Å². The standard InChI is InChI=1S/C30H26ClN3O5/c1-17-10-11-18(2)24(14-17)39-23-13-12-20(15-22(23)31)34-27(30(36)38-4)26(29(35)37-3)25(21(16-32)28(34)33)19-8-6-5-7-9-19/h5-15,25H,33H2,1-4H3. The van der Waals surface area contributed by atoms with E-state index in [1.165, 1.54) is 25.2 Å². The Labute approximate surface area is 231 Å². The molecule has 0 bridgehead atoms. The zero-order valence-electron chi connectivity index (χ0n) is 21.8. The molecule has 0 amide bonds. The summed E-state index contributed by atoms with van der Waals surface area (Å²) in [5.41, 5.74) is 9.16. The van der Waals surface area contributed by atoms with Crippen LogP contribution in [0, 0.1) is 25.2 Å². The lowest BCUT2D eigenvalue weighted by Gasteiger charge is -2.36. The smallest absolute Gasteiger partial charge is 0.355 e. The van der Waals surface area contributed by atoms with Gasteiger partial charge in [-0.3, -0.25) is 4.90 Å². The van der Waals surface area contributed by atoms with Crippen LogP contribution in [0.15, 0.2) is 89.4 Å². The monoisotopic (exact) mass is 543 g/mol. The van der Waals surface area contributed by atoms with Gasteiger partial charge in [0.15, 0.2) is 0 Å². The van der Waals surface area contributed by atoms with Gasteiger partial charge >= 0.3 is 11.9 Å². The van der Waals surface area contributed by atoms with E-state index in [4.69, 9.17) is 31.5 Å². The van der Waals surface area contributed by atoms with Crippen LogP contribution in [0.25, 0.3) is 0 Å². The lowest BCUT2D eigenvalue weighted by molar-refractivity contribution is -0.139. The number of carbonyl (C=O) groups is 2. The third-order valence-electron chi connectivity index (χ3n) is 6.35. The first-order chi connectivity index (χ1) is 18.7. The zero-order valence-corrected chi connectivity index (χ0v) is 22.6. The van der Waals surface area contributed by atoms with Crippen LogP contribution < -0.4 is 15.4 Å². The highest BCUT2D eigenvalue weighted by Gasteiger charge is 2.43.